The molecule has 0 amide bonds. The molecule has 0 heterocycles. The predicted octanol–water partition coefficient (Wildman–Crippen LogP) is -1.02. The summed E-state index contributed by atoms with van der Waals surface area (Å²) in [6, 6.07) is 0. The van der Waals surface area contributed by atoms with Gasteiger partial charge in [-0.15, -0.1) is 12.8 Å². The summed E-state index contributed by atoms with van der Waals surface area (Å²) in [6.45, 7) is 3.12. The number of terminal acetylenes is 2. The molecule has 4 N–H and O–H groups in total. The van der Waals surface area contributed by atoms with E-state index < -0.39 is 37.6 Å². The van der Waals surface area contributed by atoms with Gasteiger partial charge in [-0.3, -0.25) is 0 Å². The maximum absolute atomic E-state index is 10.4. The summed E-state index contributed by atoms with van der Waals surface area (Å²) in [5.74, 6) is 4.74. The second-order valence-corrected chi connectivity index (χ2v) is 7.58. The molecule has 0 rings (SSSR count). The lowest BCUT2D eigenvalue weighted by atomic mass is 10.0. The Balaban J connectivity index is 3.91. The minimum absolute atomic E-state index is 0.0863. The average Bonchev–Trinajstić information content (AvgIpc) is 2.89. The molecule has 0 unspecified atom stereocenters. The highest BCUT2D eigenvalue weighted by atomic mass is 16.6. The van der Waals surface area contributed by atoms with Crippen molar-refractivity contribution in [3.63, 3.8) is 0 Å². The van der Waals surface area contributed by atoms with Crippen molar-refractivity contribution in [3.8, 4) is 24.7 Å². The van der Waals surface area contributed by atoms with Gasteiger partial charge in [-0.1, -0.05) is 11.8 Å². The Morgan fingerprint density at radius 1 is 0.500 bits per heavy atom. The zero-order valence-corrected chi connectivity index (χ0v) is 21.1. The standard InChI is InChI=1S/C25H44O11/c1-3-8-30-12-14-32-10-6-5-7-11-35-22(20-26)24(28)25(29)23(21-27)36-19-18-34-17-16-33-15-13-31-9-4-2/h1-2,22-29H,5-21H2/t22-,23-,24-,25-/m0/s1. The lowest BCUT2D eigenvalue weighted by Crippen LogP contribution is -2.49. The van der Waals surface area contributed by atoms with Gasteiger partial charge in [0.15, 0.2) is 0 Å². The lowest BCUT2D eigenvalue weighted by molar-refractivity contribution is -0.158. The normalized spacial score (nSPS) is 14.6. The molecule has 0 aromatic carbocycles. The van der Waals surface area contributed by atoms with Crippen molar-refractivity contribution in [1.82, 2.24) is 0 Å². The number of rotatable bonds is 27. The molecule has 0 aliphatic rings. The Morgan fingerprint density at radius 2 is 0.889 bits per heavy atom. The fourth-order valence-electron chi connectivity index (χ4n) is 2.86. The molecular formula is C25H44O11. The molecule has 0 fully saturated rings. The quantitative estimate of drug-likeness (QED) is 0.0780. The van der Waals surface area contributed by atoms with E-state index in [1.54, 1.807) is 0 Å². The molecular weight excluding hydrogens is 476 g/mol. The van der Waals surface area contributed by atoms with Crippen LogP contribution < -0.4 is 0 Å². The Hall–Kier alpha value is -1.32. The van der Waals surface area contributed by atoms with Crippen LogP contribution in [0.2, 0.25) is 0 Å². The second kappa shape index (κ2) is 26.7. The molecule has 11 nitrogen and oxygen atoms in total. The first-order valence-electron chi connectivity index (χ1n) is 12.2. The van der Waals surface area contributed by atoms with Crippen LogP contribution in [0.15, 0.2) is 0 Å². The van der Waals surface area contributed by atoms with Crippen LogP contribution in [-0.2, 0) is 33.2 Å². The van der Waals surface area contributed by atoms with E-state index in [1.165, 1.54) is 0 Å². The Kier molecular flexibility index (Phi) is 25.8. The molecule has 0 spiro atoms. The van der Waals surface area contributed by atoms with Crippen molar-refractivity contribution < 1.29 is 53.6 Å². The maximum Gasteiger partial charge on any atom is 0.111 e. The maximum atomic E-state index is 10.4. The van der Waals surface area contributed by atoms with Crippen molar-refractivity contribution >= 4 is 0 Å². The number of hydrogen-bond donors (Lipinski definition) is 4. The minimum atomic E-state index is -1.46. The second-order valence-electron chi connectivity index (χ2n) is 7.58. The summed E-state index contributed by atoms with van der Waals surface area (Å²) in [4.78, 5) is 0. The third-order valence-corrected chi connectivity index (χ3v) is 4.78. The molecule has 11 heteroatoms. The number of aliphatic hydroxyl groups is 4. The van der Waals surface area contributed by atoms with Crippen molar-refractivity contribution in [3.05, 3.63) is 0 Å². The number of hydrogen-bond acceptors (Lipinski definition) is 11. The van der Waals surface area contributed by atoms with Crippen LogP contribution in [0.1, 0.15) is 19.3 Å². The number of aliphatic hydroxyl groups excluding tert-OH is 4. The van der Waals surface area contributed by atoms with E-state index in [9.17, 15) is 20.4 Å². The molecule has 0 saturated carbocycles. The van der Waals surface area contributed by atoms with Crippen LogP contribution in [-0.4, -0.2) is 137 Å². The van der Waals surface area contributed by atoms with Gasteiger partial charge in [0.1, 0.15) is 37.6 Å². The van der Waals surface area contributed by atoms with Crippen molar-refractivity contribution in [2.75, 3.05) is 92.5 Å². The first-order valence-corrected chi connectivity index (χ1v) is 12.2. The summed E-state index contributed by atoms with van der Waals surface area (Å²) in [5, 5.41) is 39.8. The van der Waals surface area contributed by atoms with E-state index in [-0.39, 0.29) is 33.0 Å². The predicted molar refractivity (Wildman–Crippen MR) is 131 cm³/mol. The van der Waals surface area contributed by atoms with Crippen LogP contribution in [0, 0.1) is 24.7 Å². The van der Waals surface area contributed by atoms with E-state index in [0.717, 1.165) is 12.8 Å². The van der Waals surface area contributed by atoms with Crippen molar-refractivity contribution in [2.24, 2.45) is 0 Å². The molecule has 0 aromatic heterocycles. The van der Waals surface area contributed by atoms with E-state index >= 15 is 0 Å². The van der Waals surface area contributed by atoms with Gasteiger partial charge in [-0.05, 0) is 19.3 Å². The fourth-order valence-corrected chi connectivity index (χ4v) is 2.86. The van der Waals surface area contributed by atoms with E-state index in [0.29, 0.717) is 52.7 Å². The highest BCUT2D eigenvalue weighted by Crippen LogP contribution is 2.12. The number of ether oxygens (including phenoxy) is 7. The van der Waals surface area contributed by atoms with Gasteiger partial charge in [0.25, 0.3) is 0 Å². The molecule has 0 aliphatic carbocycles. The number of unbranched alkanes of at least 4 members (excludes halogenated alkanes) is 2. The Morgan fingerprint density at radius 3 is 1.36 bits per heavy atom. The van der Waals surface area contributed by atoms with Crippen LogP contribution in [0.3, 0.4) is 0 Å². The van der Waals surface area contributed by atoms with Gasteiger partial charge in [0.2, 0.25) is 0 Å². The van der Waals surface area contributed by atoms with Gasteiger partial charge < -0.3 is 53.6 Å². The SMILES string of the molecule is C#CCOCCOCCCCCO[C@@H](CO)[C@H](O)[C@@H](O)[C@H](CO)OCCOCCOCCOCC#C. The minimum Gasteiger partial charge on any atom is -0.394 e. The van der Waals surface area contributed by atoms with Crippen LogP contribution >= 0.6 is 0 Å². The molecule has 4 atom stereocenters. The zero-order chi connectivity index (χ0) is 26.7. The Bertz CT molecular complexity index is 501. The van der Waals surface area contributed by atoms with Crippen LogP contribution in [0.4, 0.5) is 0 Å². The summed E-state index contributed by atoms with van der Waals surface area (Å²) in [6.07, 6.45) is 7.50. The topological polar surface area (TPSA) is 146 Å². The molecule has 0 aliphatic heterocycles. The molecule has 0 radical (unpaired) electrons. The van der Waals surface area contributed by atoms with Crippen molar-refractivity contribution in [2.45, 2.75) is 43.7 Å². The first kappa shape index (κ1) is 34.7. The molecule has 0 bridgehead atoms. The summed E-state index contributed by atoms with van der Waals surface area (Å²) < 4.78 is 37.2. The highest BCUT2D eigenvalue weighted by molar-refractivity contribution is 4.83. The van der Waals surface area contributed by atoms with Gasteiger partial charge in [0, 0.05) is 13.2 Å². The third kappa shape index (κ3) is 19.8. The van der Waals surface area contributed by atoms with Crippen molar-refractivity contribution in [1.29, 1.82) is 0 Å². The van der Waals surface area contributed by atoms with Gasteiger partial charge in [-0.2, -0.15) is 0 Å². The van der Waals surface area contributed by atoms with Gasteiger partial charge >= 0.3 is 0 Å². The third-order valence-electron chi connectivity index (χ3n) is 4.78. The monoisotopic (exact) mass is 520 g/mol. The van der Waals surface area contributed by atoms with E-state index in [2.05, 4.69) is 11.8 Å². The van der Waals surface area contributed by atoms with Crippen LogP contribution in [0.25, 0.3) is 0 Å². The molecule has 210 valence electrons. The molecule has 0 aromatic rings. The molecule has 36 heavy (non-hydrogen) atoms. The fraction of sp³-hybridized carbons (Fsp3) is 0.840. The summed E-state index contributed by atoms with van der Waals surface area (Å²) in [7, 11) is 0. The zero-order valence-electron chi connectivity index (χ0n) is 21.1. The highest BCUT2D eigenvalue weighted by Gasteiger charge is 2.33. The molecule has 0 saturated heterocycles. The van der Waals surface area contributed by atoms with E-state index in [1.807, 2.05) is 0 Å². The Labute approximate surface area is 214 Å². The first-order chi connectivity index (χ1) is 17.6. The summed E-state index contributed by atoms with van der Waals surface area (Å²) >= 11 is 0. The average molecular weight is 521 g/mol. The van der Waals surface area contributed by atoms with Gasteiger partial charge in [-0.25, -0.2) is 0 Å². The van der Waals surface area contributed by atoms with Crippen LogP contribution in [0.5, 0.6) is 0 Å². The smallest absolute Gasteiger partial charge is 0.111 e. The van der Waals surface area contributed by atoms with Gasteiger partial charge in [0.05, 0.1) is 66.1 Å². The largest absolute Gasteiger partial charge is 0.394 e. The lowest BCUT2D eigenvalue weighted by Gasteiger charge is -2.30. The van der Waals surface area contributed by atoms with E-state index in [4.69, 9.17) is 46.0 Å². The summed E-state index contributed by atoms with van der Waals surface area (Å²) in [5.41, 5.74) is 0.